The van der Waals surface area contributed by atoms with Crippen LogP contribution in [0.4, 0.5) is 8.78 Å². The number of piperidine rings is 1. The van der Waals surface area contributed by atoms with E-state index < -0.39 is 33.2 Å². The Labute approximate surface area is 138 Å². The minimum absolute atomic E-state index is 0.177. The zero-order valence-electron chi connectivity index (χ0n) is 12.7. The summed E-state index contributed by atoms with van der Waals surface area (Å²) in [5.74, 6) is -5.83. The number of likely N-dealkylation sites (tertiary alicyclic amines) is 1. The molecular weight excluding hydrogens is 344 g/mol. The first-order valence-electron chi connectivity index (χ1n) is 7.31. The minimum atomic E-state index is -4.50. The van der Waals surface area contributed by atoms with Crippen LogP contribution in [0.25, 0.3) is 0 Å². The molecule has 1 amide bonds. The number of nitrogens with zero attached hydrogens (tertiary/aromatic N) is 1. The second-order valence-electron chi connectivity index (χ2n) is 5.67. The van der Waals surface area contributed by atoms with Gasteiger partial charge < -0.3 is 10.0 Å². The van der Waals surface area contributed by atoms with Crippen molar-refractivity contribution in [3.8, 4) is 0 Å². The molecule has 0 atom stereocenters. The van der Waals surface area contributed by atoms with Crippen molar-refractivity contribution in [2.75, 3.05) is 13.1 Å². The van der Waals surface area contributed by atoms with Gasteiger partial charge in [-0.1, -0.05) is 12.1 Å². The summed E-state index contributed by atoms with van der Waals surface area (Å²) >= 11 is 0. The number of amides is 1. The lowest BCUT2D eigenvalue weighted by Gasteiger charge is -2.30. The van der Waals surface area contributed by atoms with E-state index in [-0.39, 0.29) is 11.5 Å². The van der Waals surface area contributed by atoms with Crippen molar-refractivity contribution in [2.24, 2.45) is 5.92 Å². The highest BCUT2D eigenvalue weighted by Gasteiger charge is 2.28. The van der Waals surface area contributed by atoms with Crippen LogP contribution in [0.15, 0.2) is 24.3 Å². The minimum Gasteiger partial charge on any atom is -0.481 e. The number of carbonyl (C=O) groups excluding carboxylic acids is 1. The van der Waals surface area contributed by atoms with Gasteiger partial charge >= 0.3 is 11.7 Å². The van der Waals surface area contributed by atoms with Crippen molar-refractivity contribution in [3.63, 3.8) is 0 Å². The van der Waals surface area contributed by atoms with E-state index in [2.05, 4.69) is 0 Å². The van der Waals surface area contributed by atoms with Crippen LogP contribution in [0.5, 0.6) is 0 Å². The van der Waals surface area contributed by atoms with Gasteiger partial charge in [-0.2, -0.15) is 8.78 Å². The first-order chi connectivity index (χ1) is 11.2. The second-order valence-corrected chi connectivity index (χ2v) is 7.64. The van der Waals surface area contributed by atoms with Crippen molar-refractivity contribution >= 4 is 21.7 Å². The second kappa shape index (κ2) is 7.25. The lowest BCUT2D eigenvalue weighted by atomic mass is 9.96. The van der Waals surface area contributed by atoms with Gasteiger partial charge in [-0.15, -0.1) is 0 Å². The summed E-state index contributed by atoms with van der Waals surface area (Å²) in [5, 5.41) is 8.94. The van der Waals surface area contributed by atoms with Crippen LogP contribution in [0.1, 0.15) is 28.8 Å². The number of benzene rings is 1. The Bertz CT molecular complexity index is 710. The fourth-order valence-corrected chi connectivity index (χ4v) is 3.33. The Morgan fingerprint density at radius 1 is 1.17 bits per heavy atom. The number of halogens is 2. The number of carboxylic acids is 1. The molecule has 1 aliphatic heterocycles. The van der Waals surface area contributed by atoms with Crippen LogP contribution in [-0.4, -0.2) is 49.1 Å². The quantitative estimate of drug-likeness (QED) is 0.863. The zero-order chi connectivity index (χ0) is 17.9. The molecule has 1 fully saturated rings. The highest BCUT2D eigenvalue weighted by molar-refractivity contribution is 7.90. The van der Waals surface area contributed by atoms with Gasteiger partial charge in [0, 0.05) is 18.7 Å². The summed E-state index contributed by atoms with van der Waals surface area (Å²) in [4.78, 5) is 24.7. The van der Waals surface area contributed by atoms with Gasteiger partial charge in [0.25, 0.3) is 5.91 Å². The fraction of sp³-hybridized carbons (Fsp3) is 0.467. The van der Waals surface area contributed by atoms with Crippen molar-refractivity contribution in [1.29, 1.82) is 0 Å². The predicted octanol–water partition coefficient (Wildman–Crippen LogP) is 1.76. The molecule has 0 unspecified atom stereocenters. The first kappa shape index (κ1) is 18.3. The van der Waals surface area contributed by atoms with E-state index in [0.717, 1.165) is 0 Å². The van der Waals surface area contributed by atoms with Crippen LogP contribution in [0.2, 0.25) is 0 Å². The van der Waals surface area contributed by atoms with Gasteiger partial charge in [0.2, 0.25) is 9.84 Å². The number of hydrogen-bond acceptors (Lipinski definition) is 4. The summed E-state index contributed by atoms with van der Waals surface area (Å²) in [6, 6.07) is 5.44. The molecule has 132 valence electrons. The van der Waals surface area contributed by atoms with E-state index in [1.807, 2.05) is 0 Å². The van der Waals surface area contributed by atoms with Crippen LogP contribution >= 0.6 is 0 Å². The molecule has 9 heteroatoms. The lowest BCUT2D eigenvalue weighted by molar-refractivity contribution is -0.143. The number of rotatable bonds is 5. The topological polar surface area (TPSA) is 91.8 Å². The normalized spacial score (nSPS) is 16.4. The number of sulfone groups is 1. The van der Waals surface area contributed by atoms with Gasteiger partial charge in [0.05, 0.1) is 11.7 Å². The highest BCUT2D eigenvalue weighted by atomic mass is 32.2. The average molecular weight is 361 g/mol. The molecule has 1 aromatic rings. The van der Waals surface area contributed by atoms with Crippen molar-refractivity contribution in [2.45, 2.75) is 24.4 Å². The Kier molecular flexibility index (Phi) is 5.53. The SMILES string of the molecule is O=C(O)C1CCN(C(=O)c2ccc(CS(=O)(=O)C(F)F)cc2)CC1. The maximum atomic E-state index is 12.3. The van der Waals surface area contributed by atoms with E-state index in [0.29, 0.717) is 31.5 Å². The monoisotopic (exact) mass is 361 g/mol. The van der Waals surface area contributed by atoms with E-state index in [1.54, 1.807) is 0 Å². The smallest absolute Gasteiger partial charge is 0.337 e. The molecule has 2 rings (SSSR count). The lowest BCUT2D eigenvalue weighted by Crippen LogP contribution is -2.40. The van der Waals surface area contributed by atoms with E-state index in [9.17, 15) is 26.8 Å². The third kappa shape index (κ3) is 4.28. The van der Waals surface area contributed by atoms with E-state index in [1.165, 1.54) is 29.2 Å². The third-order valence-electron chi connectivity index (χ3n) is 3.97. The molecule has 1 saturated heterocycles. The number of hydrogen-bond donors (Lipinski definition) is 1. The van der Waals surface area contributed by atoms with Crippen LogP contribution in [-0.2, 0) is 20.4 Å². The van der Waals surface area contributed by atoms with E-state index >= 15 is 0 Å². The summed E-state index contributed by atoms with van der Waals surface area (Å²) in [5.41, 5.74) is 0.485. The Balaban J connectivity index is 2.01. The van der Waals surface area contributed by atoms with Crippen molar-refractivity contribution in [3.05, 3.63) is 35.4 Å². The fourth-order valence-electron chi connectivity index (χ4n) is 2.55. The van der Waals surface area contributed by atoms with Gasteiger partial charge in [-0.05, 0) is 30.5 Å². The number of carboxylic acid groups (broad SMARTS) is 1. The first-order valence-corrected chi connectivity index (χ1v) is 9.03. The highest BCUT2D eigenvalue weighted by Crippen LogP contribution is 2.20. The molecule has 0 radical (unpaired) electrons. The maximum absolute atomic E-state index is 12.3. The largest absolute Gasteiger partial charge is 0.481 e. The van der Waals surface area contributed by atoms with Gasteiger partial charge in [0.1, 0.15) is 0 Å². The molecular formula is C15H17F2NO5S. The molecule has 1 heterocycles. The van der Waals surface area contributed by atoms with Gasteiger partial charge in [-0.3, -0.25) is 9.59 Å². The summed E-state index contributed by atoms with van der Waals surface area (Å²) in [6.07, 6.45) is 0.761. The maximum Gasteiger partial charge on any atom is 0.337 e. The summed E-state index contributed by atoms with van der Waals surface area (Å²) in [7, 11) is -4.50. The number of aliphatic carboxylic acids is 1. The standard InChI is InChI=1S/C15H17F2NO5S/c16-15(17)24(22,23)9-10-1-3-11(4-2-10)13(19)18-7-5-12(6-8-18)14(20)21/h1-4,12,15H,5-9H2,(H,20,21). The molecule has 6 nitrogen and oxygen atoms in total. The average Bonchev–Trinajstić information content (AvgIpc) is 2.54. The number of carbonyl (C=O) groups is 2. The molecule has 0 aliphatic carbocycles. The summed E-state index contributed by atoms with van der Waals surface area (Å²) < 4.78 is 47.0. The molecule has 1 N–H and O–H groups in total. The van der Waals surface area contributed by atoms with Crippen molar-refractivity contribution in [1.82, 2.24) is 4.90 Å². The molecule has 0 spiro atoms. The summed E-state index contributed by atoms with van der Waals surface area (Å²) in [6.45, 7) is 0.661. The molecule has 0 saturated carbocycles. The predicted molar refractivity (Wildman–Crippen MR) is 81.3 cm³/mol. The molecule has 1 aliphatic rings. The zero-order valence-corrected chi connectivity index (χ0v) is 13.5. The van der Waals surface area contributed by atoms with Gasteiger partial charge in [0.15, 0.2) is 0 Å². The molecule has 0 aromatic heterocycles. The van der Waals surface area contributed by atoms with Crippen molar-refractivity contribution < 1.29 is 31.9 Å². The Hall–Kier alpha value is -2.03. The van der Waals surface area contributed by atoms with E-state index in [4.69, 9.17) is 5.11 Å². The Morgan fingerprint density at radius 3 is 2.17 bits per heavy atom. The van der Waals surface area contributed by atoms with Gasteiger partial charge in [-0.25, -0.2) is 8.42 Å². The molecule has 24 heavy (non-hydrogen) atoms. The van der Waals surface area contributed by atoms with Crippen LogP contribution in [0.3, 0.4) is 0 Å². The number of alkyl halides is 2. The Morgan fingerprint density at radius 2 is 1.71 bits per heavy atom. The van der Waals surface area contributed by atoms with Crippen LogP contribution < -0.4 is 0 Å². The third-order valence-corrected chi connectivity index (χ3v) is 5.25. The molecule has 0 bridgehead atoms. The molecule has 1 aromatic carbocycles. The van der Waals surface area contributed by atoms with Crippen LogP contribution in [0, 0.1) is 5.92 Å².